The van der Waals surface area contributed by atoms with E-state index >= 15 is 0 Å². The van der Waals surface area contributed by atoms with Gasteiger partial charge in [0.25, 0.3) is 0 Å². The number of nitrogens with two attached hydrogens (primary N) is 1. The van der Waals surface area contributed by atoms with Gasteiger partial charge >= 0.3 is 0 Å². The number of methoxy groups -OCH3 is 1. The Labute approximate surface area is 120 Å². The highest BCUT2D eigenvalue weighted by Gasteiger charge is 2.14. The van der Waals surface area contributed by atoms with Crippen LogP contribution in [0.25, 0.3) is 0 Å². The van der Waals surface area contributed by atoms with Gasteiger partial charge in [0.2, 0.25) is 5.91 Å². The largest absolute Gasteiger partial charge is 0.494 e. The molecule has 5 nitrogen and oxygen atoms in total. The van der Waals surface area contributed by atoms with Crippen molar-refractivity contribution in [3.63, 3.8) is 0 Å². The summed E-state index contributed by atoms with van der Waals surface area (Å²) in [4.78, 5) is 12.0. The van der Waals surface area contributed by atoms with Crippen molar-refractivity contribution >= 4 is 11.6 Å². The van der Waals surface area contributed by atoms with Crippen LogP contribution in [0.2, 0.25) is 0 Å². The number of carbonyl (C=O) groups excluding carboxylic acids is 1. The van der Waals surface area contributed by atoms with Crippen LogP contribution in [0.1, 0.15) is 25.3 Å². The number of anilines is 1. The fourth-order valence-electron chi connectivity index (χ4n) is 1.84. The molecular formula is C15H24N2O3. The highest BCUT2D eigenvalue weighted by Crippen LogP contribution is 2.21. The lowest BCUT2D eigenvalue weighted by atomic mass is 10.1. The lowest BCUT2D eigenvalue weighted by Gasteiger charge is -2.14. The van der Waals surface area contributed by atoms with Crippen molar-refractivity contribution in [2.45, 2.75) is 32.7 Å². The zero-order valence-corrected chi connectivity index (χ0v) is 12.4. The van der Waals surface area contributed by atoms with Crippen molar-refractivity contribution in [2.75, 3.05) is 25.6 Å². The topological polar surface area (TPSA) is 73.6 Å². The molecule has 1 unspecified atom stereocenters. The first-order chi connectivity index (χ1) is 9.58. The molecule has 1 atom stereocenters. The van der Waals surface area contributed by atoms with E-state index in [1.165, 1.54) is 0 Å². The number of benzene rings is 1. The Morgan fingerprint density at radius 3 is 2.80 bits per heavy atom. The van der Waals surface area contributed by atoms with E-state index in [9.17, 15) is 4.79 Å². The minimum Gasteiger partial charge on any atom is -0.494 e. The molecule has 0 bridgehead atoms. The second-order valence-electron chi connectivity index (χ2n) is 4.64. The number of hydrogen-bond acceptors (Lipinski definition) is 4. The number of carbonyl (C=O) groups is 1. The second-order valence-corrected chi connectivity index (χ2v) is 4.64. The van der Waals surface area contributed by atoms with Gasteiger partial charge in [-0.3, -0.25) is 4.79 Å². The maximum absolute atomic E-state index is 12.0. The maximum atomic E-state index is 12.0. The normalized spacial score (nSPS) is 12.0. The van der Waals surface area contributed by atoms with Gasteiger partial charge in [0.05, 0.1) is 12.6 Å². The number of nitrogens with one attached hydrogen (secondary N) is 1. The third-order valence-corrected chi connectivity index (χ3v) is 2.97. The molecule has 1 aromatic rings. The molecule has 112 valence electrons. The van der Waals surface area contributed by atoms with Gasteiger partial charge in [0.15, 0.2) is 0 Å². The quantitative estimate of drug-likeness (QED) is 0.715. The van der Waals surface area contributed by atoms with Gasteiger partial charge in [-0.05, 0) is 50.5 Å². The van der Waals surface area contributed by atoms with E-state index in [1.54, 1.807) is 7.11 Å². The summed E-state index contributed by atoms with van der Waals surface area (Å²) in [7, 11) is 1.63. The smallest absolute Gasteiger partial charge is 0.241 e. The lowest BCUT2D eigenvalue weighted by molar-refractivity contribution is -0.117. The predicted molar refractivity (Wildman–Crippen MR) is 80.1 cm³/mol. The molecule has 0 fully saturated rings. The number of rotatable bonds is 8. The Kier molecular flexibility index (Phi) is 7.04. The van der Waals surface area contributed by atoms with Crippen LogP contribution in [0.5, 0.6) is 5.75 Å². The summed E-state index contributed by atoms with van der Waals surface area (Å²) in [5.74, 6) is 0.626. The van der Waals surface area contributed by atoms with E-state index in [0.29, 0.717) is 19.6 Å². The summed E-state index contributed by atoms with van der Waals surface area (Å²) >= 11 is 0. The van der Waals surface area contributed by atoms with Crippen molar-refractivity contribution < 1.29 is 14.3 Å². The van der Waals surface area contributed by atoms with E-state index in [-0.39, 0.29) is 5.91 Å². The molecule has 0 aliphatic rings. The molecule has 0 aliphatic heterocycles. The minimum atomic E-state index is -0.517. The Hall–Kier alpha value is -1.59. The monoisotopic (exact) mass is 280 g/mol. The Balaban J connectivity index is 2.57. The average molecular weight is 280 g/mol. The van der Waals surface area contributed by atoms with Gasteiger partial charge in [0, 0.05) is 19.4 Å². The Morgan fingerprint density at radius 1 is 1.45 bits per heavy atom. The first kappa shape index (κ1) is 16.5. The van der Waals surface area contributed by atoms with Crippen molar-refractivity contribution in [1.29, 1.82) is 0 Å². The van der Waals surface area contributed by atoms with Crippen LogP contribution in [-0.4, -0.2) is 32.3 Å². The van der Waals surface area contributed by atoms with Gasteiger partial charge in [0.1, 0.15) is 5.75 Å². The highest BCUT2D eigenvalue weighted by molar-refractivity contribution is 5.95. The number of amides is 1. The number of hydrogen-bond donors (Lipinski definition) is 2. The summed E-state index contributed by atoms with van der Waals surface area (Å²) in [6, 6.07) is 5.05. The summed E-state index contributed by atoms with van der Waals surface area (Å²) < 4.78 is 10.4. The molecule has 1 amide bonds. The van der Waals surface area contributed by atoms with E-state index in [4.69, 9.17) is 15.2 Å². The van der Waals surface area contributed by atoms with Crippen LogP contribution in [0, 0.1) is 6.92 Å². The highest BCUT2D eigenvalue weighted by atomic mass is 16.5. The molecule has 0 aliphatic carbocycles. The van der Waals surface area contributed by atoms with Crippen LogP contribution in [0.3, 0.4) is 0 Å². The van der Waals surface area contributed by atoms with Gasteiger partial charge in [-0.25, -0.2) is 0 Å². The lowest BCUT2D eigenvalue weighted by Crippen LogP contribution is -2.35. The van der Waals surface area contributed by atoms with E-state index < -0.39 is 6.04 Å². The fourth-order valence-corrected chi connectivity index (χ4v) is 1.84. The fraction of sp³-hybridized carbons (Fsp3) is 0.533. The van der Waals surface area contributed by atoms with E-state index in [2.05, 4.69) is 5.32 Å². The summed E-state index contributed by atoms with van der Waals surface area (Å²) in [6.07, 6.45) is 1.38. The average Bonchev–Trinajstić information content (AvgIpc) is 2.42. The van der Waals surface area contributed by atoms with E-state index in [0.717, 1.165) is 23.4 Å². The molecule has 5 heteroatoms. The third-order valence-electron chi connectivity index (χ3n) is 2.97. The standard InChI is InChI=1S/C15H24N2O3/c1-4-20-12-7-8-14(11(2)10-12)17-15(18)13(16)6-5-9-19-3/h7-8,10,13H,4-6,9,16H2,1-3H3,(H,17,18). The molecule has 1 rings (SSSR count). The van der Waals surface area contributed by atoms with Crippen LogP contribution in [0.15, 0.2) is 18.2 Å². The van der Waals surface area contributed by atoms with Gasteiger partial charge in [-0.15, -0.1) is 0 Å². The third kappa shape index (κ3) is 5.19. The van der Waals surface area contributed by atoms with Crippen LogP contribution < -0.4 is 15.8 Å². The predicted octanol–water partition coefficient (Wildman–Crippen LogP) is 2.09. The summed E-state index contributed by atoms with van der Waals surface area (Å²) in [5, 5.41) is 2.85. The first-order valence-electron chi connectivity index (χ1n) is 6.87. The zero-order chi connectivity index (χ0) is 15.0. The molecule has 0 saturated carbocycles. The molecule has 0 spiro atoms. The number of aryl methyl sites for hydroxylation is 1. The summed E-state index contributed by atoms with van der Waals surface area (Å²) in [5.41, 5.74) is 7.56. The van der Waals surface area contributed by atoms with E-state index in [1.807, 2.05) is 32.0 Å². The molecule has 0 heterocycles. The zero-order valence-electron chi connectivity index (χ0n) is 12.4. The van der Waals surface area contributed by atoms with Crippen molar-refractivity contribution in [3.8, 4) is 5.75 Å². The Bertz CT molecular complexity index is 435. The minimum absolute atomic E-state index is 0.173. The second kappa shape index (κ2) is 8.55. The summed E-state index contributed by atoms with van der Waals surface area (Å²) in [6.45, 7) is 5.09. The van der Waals surface area contributed by atoms with Crippen molar-refractivity contribution in [1.82, 2.24) is 0 Å². The molecule has 0 radical (unpaired) electrons. The van der Waals surface area contributed by atoms with Crippen molar-refractivity contribution in [3.05, 3.63) is 23.8 Å². The number of ether oxygens (including phenoxy) is 2. The SMILES string of the molecule is CCOc1ccc(NC(=O)C(N)CCCOC)c(C)c1. The van der Waals surface area contributed by atoms with Gasteiger partial charge in [-0.1, -0.05) is 0 Å². The van der Waals surface area contributed by atoms with Crippen LogP contribution in [0.4, 0.5) is 5.69 Å². The molecule has 0 aromatic heterocycles. The van der Waals surface area contributed by atoms with Gasteiger partial charge in [-0.2, -0.15) is 0 Å². The molecule has 0 saturated heterocycles. The Morgan fingerprint density at radius 2 is 2.20 bits per heavy atom. The van der Waals surface area contributed by atoms with Crippen LogP contribution in [-0.2, 0) is 9.53 Å². The molecular weight excluding hydrogens is 256 g/mol. The maximum Gasteiger partial charge on any atom is 0.241 e. The van der Waals surface area contributed by atoms with Crippen molar-refractivity contribution in [2.24, 2.45) is 5.73 Å². The van der Waals surface area contributed by atoms with Gasteiger partial charge < -0.3 is 20.5 Å². The molecule has 1 aromatic carbocycles. The first-order valence-corrected chi connectivity index (χ1v) is 6.87. The molecule has 20 heavy (non-hydrogen) atoms. The van der Waals surface area contributed by atoms with Crippen LogP contribution >= 0.6 is 0 Å². The molecule has 3 N–H and O–H groups in total.